The Morgan fingerprint density at radius 1 is 1.10 bits per heavy atom. The minimum absolute atomic E-state index is 0. The van der Waals surface area contributed by atoms with Gasteiger partial charge < -0.3 is 0 Å². The summed E-state index contributed by atoms with van der Waals surface area (Å²) < 4.78 is 2.44. The van der Waals surface area contributed by atoms with Gasteiger partial charge in [0.05, 0.1) is 0 Å². The van der Waals surface area contributed by atoms with Crippen molar-refractivity contribution < 1.29 is 14.0 Å². The van der Waals surface area contributed by atoms with Crippen molar-refractivity contribution in [2.45, 2.75) is 28.0 Å². The fraction of sp³-hybridized carbons (Fsp3) is 0.294. The summed E-state index contributed by atoms with van der Waals surface area (Å²) in [5, 5.41) is 5.22. The summed E-state index contributed by atoms with van der Waals surface area (Å²) in [4.78, 5) is 0. The maximum atomic E-state index is 2.61. The summed E-state index contributed by atoms with van der Waals surface area (Å²) in [6.07, 6.45) is 10.7. The van der Waals surface area contributed by atoms with Gasteiger partial charge in [0.2, 0.25) is 0 Å². The second kappa shape index (κ2) is 6.22. The van der Waals surface area contributed by atoms with E-state index in [0.717, 1.165) is 0 Å². The van der Waals surface area contributed by atoms with E-state index in [-0.39, 0.29) is 24.8 Å². The fourth-order valence-corrected chi connectivity index (χ4v) is 14.1. The van der Waals surface area contributed by atoms with Gasteiger partial charge in [-0.2, -0.15) is 0 Å². The zero-order chi connectivity index (χ0) is 13.7. The summed E-state index contributed by atoms with van der Waals surface area (Å²) in [5.41, 5.74) is 4.53. The van der Waals surface area contributed by atoms with Gasteiger partial charge in [-0.1, -0.05) is 0 Å². The molecule has 3 rings (SSSR count). The molecule has 0 fully saturated rings. The van der Waals surface area contributed by atoms with Crippen LogP contribution < -0.4 is 0 Å². The topological polar surface area (TPSA) is 0 Å². The number of hydrogen-bond donors (Lipinski definition) is 0. The van der Waals surface area contributed by atoms with E-state index in [2.05, 4.69) is 73.6 Å². The van der Waals surface area contributed by atoms with Crippen molar-refractivity contribution in [2.75, 3.05) is 0 Å². The van der Waals surface area contributed by atoms with Crippen LogP contribution in [-0.4, -0.2) is 7.63 Å². The molecule has 114 valence electrons. The van der Waals surface area contributed by atoms with E-state index in [4.69, 9.17) is 0 Å². The van der Waals surface area contributed by atoms with Crippen LogP contribution in [-0.2, 0) is 14.0 Å². The van der Waals surface area contributed by atoms with Crippen LogP contribution in [0.3, 0.4) is 0 Å². The molecule has 0 aliphatic heterocycles. The van der Waals surface area contributed by atoms with Gasteiger partial charge in [0.1, 0.15) is 0 Å². The van der Waals surface area contributed by atoms with Gasteiger partial charge in [0, 0.05) is 0 Å². The molecule has 0 amide bonds. The Morgan fingerprint density at radius 2 is 1.76 bits per heavy atom. The summed E-state index contributed by atoms with van der Waals surface area (Å²) in [6.45, 7) is 2.30. The molecular weight excluding hydrogens is 351 g/mol. The molecule has 0 aromatic heterocycles. The van der Waals surface area contributed by atoms with Crippen molar-refractivity contribution in [1.29, 1.82) is 0 Å². The van der Waals surface area contributed by atoms with Gasteiger partial charge in [-0.05, 0) is 0 Å². The number of hydrogen-bond acceptors (Lipinski definition) is 0. The Balaban J connectivity index is 0.00000110. The van der Waals surface area contributed by atoms with Crippen LogP contribution in [0, 0.1) is 0 Å². The van der Waals surface area contributed by atoms with Crippen LogP contribution in [0.5, 0.6) is 0 Å². The zero-order valence-corrected chi connectivity index (χ0v) is 17.5. The first-order valence-corrected chi connectivity index (χ1v) is 15.9. The molecule has 1 unspecified atom stereocenters. The van der Waals surface area contributed by atoms with Gasteiger partial charge in [0.25, 0.3) is 0 Å². The molecule has 21 heavy (non-hydrogen) atoms. The monoisotopic (exact) mass is 374 g/mol. The zero-order valence-electron chi connectivity index (χ0n) is 12.9. The molecule has 0 bridgehead atoms. The minimum atomic E-state index is -2.66. The smallest absolute Gasteiger partial charge is 0.147 e. The van der Waals surface area contributed by atoms with Crippen LogP contribution >= 0.6 is 24.8 Å². The predicted molar refractivity (Wildman–Crippen MR) is 99.4 cm³/mol. The molecule has 1 atom stereocenters. The van der Waals surface area contributed by atoms with Crippen molar-refractivity contribution in [1.82, 2.24) is 0 Å². The Bertz CT molecular complexity index is 707. The molecule has 0 N–H and O–H groups in total. The van der Waals surface area contributed by atoms with Crippen LogP contribution in [0.15, 0.2) is 51.9 Å². The Kier molecular flexibility index (Phi) is 5.62. The van der Waals surface area contributed by atoms with E-state index < -0.39 is 14.0 Å². The standard InChI is InChI=1S/C9H7.C6H7.2CH3.2ClH.H2Si.Ti/c1-2-5-9-7-3-6-8(9)4-1;1-6-4-2-3-5-6;;;;;;/h1-7H;2,4H,3H2,1H3;2*1H3;2*1H;1H2;. The first-order valence-electron chi connectivity index (χ1n) is 7.10. The molecule has 0 radical (unpaired) electrons. The number of benzene rings is 1. The Hall–Kier alpha value is -0.0488. The normalized spacial score (nSPS) is 20.1. The van der Waals surface area contributed by atoms with Crippen molar-refractivity contribution in [3.63, 3.8) is 0 Å². The van der Waals surface area contributed by atoms with Gasteiger partial charge in [-0.3, -0.25) is 0 Å². The van der Waals surface area contributed by atoms with Crippen LogP contribution in [0.2, 0.25) is 10.5 Å². The average molecular weight is 375 g/mol. The van der Waals surface area contributed by atoms with Gasteiger partial charge in [-0.25, -0.2) is 0 Å². The van der Waals surface area contributed by atoms with Gasteiger partial charge >= 0.3 is 119 Å². The van der Waals surface area contributed by atoms with Crippen molar-refractivity contribution in [3.05, 3.63) is 63.1 Å². The van der Waals surface area contributed by atoms with E-state index in [0.29, 0.717) is 4.22 Å². The second-order valence-electron chi connectivity index (χ2n) is 7.04. The molecule has 1 aromatic carbocycles. The average Bonchev–Trinajstić information content (AvgIpc) is 2.94. The van der Waals surface area contributed by atoms with E-state index >= 15 is 0 Å². The Labute approximate surface area is 143 Å². The Morgan fingerprint density at radius 3 is 2.38 bits per heavy atom. The fourth-order valence-electron chi connectivity index (χ4n) is 3.84. The predicted octanol–water partition coefficient (Wildman–Crippen LogP) is 5.17. The molecule has 2 aliphatic carbocycles. The van der Waals surface area contributed by atoms with E-state index in [1.165, 1.54) is 17.6 Å². The summed E-state index contributed by atoms with van der Waals surface area (Å²) in [6, 6.07) is 8.93. The number of allylic oxidation sites excluding steroid dienone is 5. The molecule has 0 saturated heterocycles. The molecule has 0 heterocycles. The number of rotatable bonds is 2. The minimum Gasteiger partial charge on any atom is -0.147 e. The van der Waals surface area contributed by atoms with Gasteiger partial charge in [-0.15, -0.1) is 24.8 Å². The summed E-state index contributed by atoms with van der Waals surface area (Å²) in [5.74, 6) is 0. The maximum Gasteiger partial charge on any atom is -0.147 e. The van der Waals surface area contributed by atoms with Crippen molar-refractivity contribution in [2.24, 2.45) is 0 Å². The van der Waals surface area contributed by atoms with Gasteiger partial charge in [0.15, 0.2) is 0 Å². The SMILES string of the molecule is CC1=[C]([Ti]([CH3])([CH3])(=[SiH2])[CH]2C=Cc3ccccc32)CC=C1.Cl.Cl. The van der Waals surface area contributed by atoms with Crippen LogP contribution in [0.1, 0.15) is 28.7 Å². The molecule has 0 saturated carbocycles. The molecule has 2 aliphatic rings. The second-order valence-corrected chi connectivity index (χ2v) is 26.7. The van der Waals surface area contributed by atoms with E-state index in [9.17, 15) is 0 Å². The van der Waals surface area contributed by atoms with Crippen molar-refractivity contribution >= 4 is 38.5 Å². The van der Waals surface area contributed by atoms with E-state index in [1.807, 2.05) is 0 Å². The molecule has 4 heteroatoms. The molecular formula is C17H24Cl2SiTi. The first kappa shape index (κ1) is 19.0. The molecule has 1 aromatic rings. The third kappa shape index (κ3) is 3.04. The summed E-state index contributed by atoms with van der Waals surface area (Å²) in [7, 11) is 2.35. The first-order chi connectivity index (χ1) is 8.88. The number of fused-ring (bicyclic) bond motifs is 1. The number of halogens is 2. The third-order valence-corrected chi connectivity index (χ3v) is 16.5. The van der Waals surface area contributed by atoms with Crippen LogP contribution in [0.4, 0.5) is 0 Å². The molecule has 0 spiro atoms. The third-order valence-electron chi connectivity index (χ3n) is 4.95. The summed E-state index contributed by atoms with van der Waals surface area (Å²) >= 11 is -2.66. The van der Waals surface area contributed by atoms with Crippen LogP contribution in [0.25, 0.3) is 6.08 Å². The van der Waals surface area contributed by atoms with E-state index in [1.54, 1.807) is 9.44 Å². The molecule has 0 nitrogen and oxygen atoms in total. The van der Waals surface area contributed by atoms with Crippen molar-refractivity contribution in [3.8, 4) is 0 Å². The largest absolute Gasteiger partial charge is 0.147 e. The maximum absolute atomic E-state index is 2.66. The quantitative estimate of drug-likeness (QED) is 0.626.